The Labute approximate surface area is 417 Å². The lowest BCUT2D eigenvalue weighted by Crippen LogP contribution is -2.32. The molecule has 0 saturated heterocycles. The molecule has 0 unspecified atom stereocenters. The lowest BCUT2D eigenvalue weighted by Gasteiger charge is -2.24. The maximum absolute atomic E-state index is 14.2. The summed E-state index contributed by atoms with van der Waals surface area (Å²) in [4.78, 5) is 51.0. The molecule has 18 N–H and O–H groups in total. The number of aryl methyl sites for hydroxylation is 1. The standard InChI is InChI=1S/C48H76N10O3S2.C2H6.C2H4.H2O/c1-31(43(62-23-19-49)34(17-18-47(2,3)4)28-41(60)38(51)13-9-21-57-45(53)54)15-16-32-11-8-12-33(25-32)40(59)29-35-26-37(48(5,6)7)27-36(44(35)63-24-20-50)30-42(61)39(52)14-10-22-58-46(55)56;2*1-2;/h8,11-12,17-18,25-27,38-39H,1,9-10,13-16,19-24,28-30,49-52H2,2-7H3,(H4,53,54,57)(H4,55,56,58);1-2H3;1-2H2;1H2/b18-17+,43-34-;;;/t38-,39-;;;/m0.../s1. The highest BCUT2D eigenvalue weighted by Gasteiger charge is 2.24. The zero-order valence-electron chi connectivity index (χ0n) is 42.6. The number of allylic oxidation sites excluding steroid dienone is 4. The third kappa shape index (κ3) is 26.3. The van der Waals surface area contributed by atoms with Gasteiger partial charge in [-0.15, -0.1) is 36.7 Å². The van der Waals surface area contributed by atoms with Crippen LogP contribution in [0.2, 0.25) is 0 Å². The SMILES string of the molecule is C=C.C=C(CCc1cccc(C(=O)Cc2cc(C(C)(C)C)cc(CC(=O)[C@@H](N)CCCN=C(N)N)c2SCCN)c1)/C(SCCN)=C(\C=C\C(C)(C)C)CC(=O)[C@@H](N)CCCN=C(N)N.CC.O. The second-order valence-electron chi connectivity index (χ2n) is 18.0. The summed E-state index contributed by atoms with van der Waals surface area (Å²) >= 11 is 3.16. The zero-order chi connectivity index (χ0) is 51.3. The molecule has 2 aromatic carbocycles. The van der Waals surface area contributed by atoms with Crippen LogP contribution in [0.15, 0.2) is 99.2 Å². The molecule has 16 heteroatoms. The van der Waals surface area contributed by atoms with Crippen LogP contribution in [-0.2, 0) is 34.3 Å². The molecule has 14 nitrogen and oxygen atoms in total. The minimum absolute atomic E-state index is 0. The molecule has 0 radical (unpaired) electrons. The predicted octanol–water partition coefficient (Wildman–Crippen LogP) is 6.33. The van der Waals surface area contributed by atoms with Crippen molar-refractivity contribution in [2.45, 2.75) is 136 Å². The van der Waals surface area contributed by atoms with Gasteiger partial charge in [0.15, 0.2) is 29.3 Å². The number of nitrogens with two attached hydrogens (primary N) is 8. The van der Waals surface area contributed by atoms with Gasteiger partial charge in [-0.3, -0.25) is 24.4 Å². The van der Waals surface area contributed by atoms with Crippen molar-refractivity contribution in [2.24, 2.45) is 61.3 Å². The van der Waals surface area contributed by atoms with Crippen LogP contribution in [0.25, 0.3) is 0 Å². The molecule has 0 fully saturated rings. The van der Waals surface area contributed by atoms with Crippen molar-refractivity contribution in [3.8, 4) is 0 Å². The molecule has 0 heterocycles. The molecule has 0 aliphatic carbocycles. The summed E-state index contributed by atoms with van der Waals surface area (Å²) in [7, 11) is 0. The average molecular weight is 981 g/mol. The van der Waals surface area contributed by atoms with Gasteiger partial charge in [-0.1, -0.05) is 104 Å². The summed E-state index contributed by atoms with van der Waals surface area (Å²) in [5, 5.41) is 0. The first-order chi connectivity index (χ1) is 31.6. The molecule has 2 rings (SSSR count). The van der Waals surface area contributed by atoms with Crippen LogP contribution >= 0.6 is 23.5 Å². The van der Waals surface area contributed by atoms with Gasteiger partial charge in [-0.2, -0.15) is 0 Å². The first-order valence-electron chi connectivity index (χ1n) is 23.3. The molecule has 0 aromatic heterocycles. The highest BCUT2D eigenvalue weighted by molar-refractivity contribution is 8.03. The van der Waals surface area contributed by atoms with Crippen molar-refractivity contribution in [2.75, 3.05) is 37.7 Å². The molecule has 0 aliphatic heterocycles. The maximum Gasteiger partial charge on any atom is 0.185 e. The Hall–Kier alpha value is -4.55. The van der Waals surface area contributed by atoms with Gasteiger partial charge < -0.3 is 51.3 Å². The third-order valence-corrected chi connectivity index (χ3v) is 12.6. The van der Waals surface area contributed by atoms with Gasteiger partial charge in [-0.25, -0.2) is 0 Å². The Kier molecular flexibility index (Phi) is 33.4. The fraction of sp³-hybridized carbons (Fsp3) is 0.519. The van der Waals surface area contributed by atoms with E-state index in [2.05, 4.69) is 89.5 Å². The van der Waals surface area contributed by atoms with Crippen LogP contribution in [0.3, 0.4) is 0 Å². The number of aliphatic imine (C=N–C) groups is 2. The summed E-state index contributed by atoms with van der Waals surface area (Å²) < 4.78 is 0. The molecule has 2 aromatic rings. The summed E-state index contributed by atoms with van der Waals surface area (Å²) in [6.45, 7) is 28.8. The van der Waals surface area contributed by atoms with Gasteiger partial charge in [0.25, 0.3) is 0 Å². The fourth-order valence-electron chi connectivity index (χ4n) is 6.53. The summed E-state index contributed by atoms with van der Waals surface area (Å²) in [6.07, 6.45) is 7.85. The Morgan fingerprint density at radius 2 is 1.31 bits per heavy atom. The number of ketones is 3. The lowest BCUT2D eigenvalue weighted by atomic mass is 9.83. The predicted molar refractivity (Wildman–Crippen MR) is 294 cm³/mol. The maximum atomic E-state index is 14.2. The first-order valence-corrected chi connectivity index (χ1v) is 25.2. The summed E-state index contributed by atoms with van der Waals surface area (Å²) in [5.41, 5.74) is 52.1. The second kappa shape index (κ2) is 34.7. The van der Waals surface area contributed by atoms with E-state index < -0.39 is 12.1 Å². The van der Waals surface area contributed by atoms with E-state index in [0.717, 1.165) is 43.2 Å². The van der Waals surface area contributed by atoms with E-state index in [9.17, 15) is 14.4 Å². The van der Waals surface area contributed by atoms with Crippen molar-refractivity contribution >= 4 is 52.8 Å². The molecule has 2 atom stereocenters. The van der Waals surface area contributed by atoms with Crippen molar-refractivity contribution in [3.05, 3.63) is 112 Å². The quantitative estimate of drug-likeness (QED) is 0.00880. The van der Waals surface area contributed by atoms with E-state index in [-0.39, 0.29) is 64.8 Å². The van der Waals surface area contributed by atoms with E-state index >= 15 is 0 Å². The van der Waals surface area contributed by atoms with Crippen molar-refractivity contribution < 1.29 is 19.9 Å². The Balaban J connectivity index is 0. The summed E-state index contributed by atoms with van der Waals surface area (Å²) in [5.74, 6) is 1.09. The van der Waals surface area contributed by atoms with E-state index in [1.165, 1.54) is 0 Å². The minimum atomic E-state index is -0.675. The van der Waals surface area contributed by atoms with Gasteiger partial charge in [0.2, 0.25) is 0 Å². The number of hydrogen-bond acceptors (Lipinski definition) is 11. The van der Waals surface area contributed by atoms with E-state index in [4.69, 9.17) is 45.9 Å². The van der Waals surface area contributed by atoms with E-state index in [1.807, 2.05) is 44.2 Å². The van der Waals surface area contributed by atoms with Crippen LogP contribution in [0, 0.1) is 5.41 Å². The number of thioether (sulfide) groups is 2. The number of Topliss-reactive ketones (excluding diaryl/α,β-unsaturated/α-hetero) is 3. The van der Waals surface area contributed by atoms with Crippen molar-refractivity contribution in [3.63, 3.8) is 0 Å². The number of nitrogens with zero attached hydrogens (tertiary/aromatic N) is 2. The zero-order valence-corrected chi connectivity index (χ0v) is 44.2. The van der Waals surface area contributed by atoms with Gasteiger partial charge in [0.1, 0.15) is 0 Å². The topological polar surface area (TPSA) is 316 Å². The number of rotatable bonds is 28. The Morgan fingerprint density at radius 3 is 1.81 bits per heavy atom. The van der Waals surface area contributed by atoms with Gasteiger partial charge >= 0.3 is 0 Å². The number of carbonyl (C=O) groups is 3. The van der Waals surface area contributed by atoms with Crippen LogP contribution in [0.1, 0.15) is 127 Å². The average Bonchev–Trinajstić information content (AvgIpc) is 3.27. The second-order valence-corrected chi connectivity index (χ2v) is 20.2. The molecular formula is C52H88N10O4S2. The highest BCUT2D eigenvalue weighted by Crippen LogP contribution is 2.36. The highest BCUT2D eigenvalue weighted by atomic mass is 32.2. The van der Waals surface area contributed by atoms with Gasteiger partial charge in [-0.05, 0) is 88.8 Å². The van der Waals surface area contributed by atoms with Crippen molar-refractivity contribution in [1.29, 1.82) is 0 Å². The summed E-state index contributed by atoms with van der Waals surface area (Å²) in [6, 6.07) is 10.5. The third-order valence-electron chi connectivity index (χ3n) is 10.0. The molecular weight excluding hydrogens is 893 g/mol. The molecule has 68 heavy (non-hydrogen) atoms. The Morgan fingerprint density at radius 1 is 0.779 bits per heavy atom. The fourth-order valence-corrected chi connectivity index (χ4v) is 8.44. The number of guanidine groups is 2. The first kappa shape index (κ1) is 65.5. The molecule has 0 saturated carbocycles. The van der Waals surface area contributed by atoms with Gasteiger partial charge in [0.05, 0.1) is 12.1 Å². The smallest absolute Gasteiger partial charge is 0.185 e. The molecule has 0 aliphatic rings. The monoisotopic (exact) mass is 981 g/mol. The largest absolute Gasteiger partial charge is 0.412 e. The molecule has 0 amide bonds. The number of carbonyl (C=O) groups excluding carboxylic acids is 3. The van der Waals surface area contributed by atoms with Crippen LogP contribution in [0.5, 0.6) is 0 Å². The Bertz CT molecular complexity index is 1990. The van der Waals surface area contributed by atoms with Crippen LogP contribution in [0.4, 0.5) is 0 Å². The van der Waals surface area contributed by atoms with Gasteiger partial charge in [0, 0.05) is 72.3 Å². The van der Waals surface area contributed by atoms with Crippen molar-refractivity contribution in [1.82, 2.24) is 0 Å². The van der Waals surface area contributed by atoms with E-state index in [0.29, 0.717) is 81.8 Å². The van der Waals surface area contributed by atoms with Crippen LogP contribution < -0.4 is 45.9 Å². The normalized spacial score (nSPS) is 12.5. The number of benzene rings is 2. The lowest BCUT2D eigenvalue weighted by molar-refractivity contribution is -0.120. The number of hydrogen-bond donors (Lipinski definition) is 8. The molecule has 0 spiro atoms. The molecule has 382 valence electrons. The van der Waals surface area contributed by atoms with E-state index in [1.54, 1.807) is 23.5 Å². The molecule has 0 bridgehead atoms. The van der Waals surface area contributed by atoms with Crippen LogP contribution in [-0.4, -0.2) is 84.5 Å². The minimum Gasteiger partial charge on any atom is -0.412 e.